The Bertz CT molecular complexity index is 1620. The lowest BCUT2D eigenvalue weighted by Crippen LogP contribution is -2.50. The number of rotatable bonds is 8. The van der Waals surface area contributed by atoms with Crippen molar-refractivity contribution in [1.29, 1.82) is 0 Å². The molecule has 2 fully saturated rings. The molecule has 0 radical (unpaired) electrons. The molecule has 0 aliphatic carbocycles. The molecule has 1 spiro atoms. The van der Waals surface area contributed by atoms with Crippen LogP contribution in [0.4, 0.5) is 5.69 Å². The summed E-state index contributed by atoms with van der Waals surface area (Å²) in [6, 6.07) is 16.9. The van der Waals surface area contributed by atoms with Gasteiger partial charge in [0, 0.05) is 40.8 Å². The van der Waals surface area contributed by atoms with E-state index >= 15 is 0 Å². The Labute approximate surface area is 247 Å². The number of hydrogen-bond donors (Lipinski definition) is 3. The Morgan fingerprint density at radius 1 is 1.05 bits per heavy atom. The Balaban J connectivity index is 1.40. The number of phenols is 2. The Hall–Kier alpha value is -4.28. The van der Waals surface area contributed by atoms with Crippen molar-refractivity contribution in [3.63, 3.8) is 0 Å². The average molecular weight is 587 g/mol. The molecule has 0 bridgehead atoms. The molecule has 10 heteroatoms. The zero-order valence-electron chi connectivity index (χ0n) is 23.1. The van der Waals surface area contributed by atoms with Gasteiger partial charge in [0.05, 0.1) is 20.6 Å². The standard InChI is InChI=1S/C32H30N2O7S/c1-40-27-13-18(8-11-24(27)36)7-10-20(35)15-26(38)29-23-16-42-17-34(23)32(21-5-3-4-6-22(21)33-31(32)39)30(29)19-9-12-25(37)28(14-19)41-2/h3-14,23,29-30,36-37H,15-17H2,1-2H3,(H,33,39)/b10-7+. The number of thioether (sulfide) groups is 1. The number of nitrogens with zero attached hydrogens (tertiary/aromatic N) is 1. The number of carbonyl (C=O) groups is 3. The molecule has 3 aliphatic heterocycles. The van der Waals surface area contributed by atoms with Gasteiger partial charge in [-0.2, -0.15) is 0 Å². The highest BCUT2D eigenvalue weighted by molar-refractivity contribution is 7.99. The Morgan fingerprint density at radius 2 is 1.76 bits per heavy atom. The van der Waals surface area contributed by atoms with Crippen LogP contribution >= 0.6 is 11.8 Å². The summed E-state index contributed by atoms with van der Waals surface area (Å²) in [4.78, 5) is 43.5. The summed E-state index contributed by atoms with van der Waals surface area (Å²) in [6.07, 6.45) is 2.59. The van der Waals surface area contributed by atoms with Crippen molar-refractivity contribution in [2.24, 2.45) is 5.92 Å². The number of hydrogen-bond acceptors (Lipinski definition) is 9. The molecule has 0 aromatic heterocycles. The van der Waals surface area contributed by atoms with Gasteiger partial charge < -0.3 is 25.0 Å². The summed E-state index contributed by atoms with van der Waals surface area (Å²) >= 11 is 1.66. The van der Waals surface area contributed by atoms with E-state index in [-0.39, 0.29) is 52.9 Å². The van der Waals surface area contributed by atoms with Crippen molar-refractivity contribution in [2.45, 2.75) is 23.9 Å². The zero-order chi connectivity index (χ0) is 29.6. The fourth-order valence-corrected chi connectivity index (χ4v) is 8.04. The molecule has 6 rings (SSSR count). The second-order valence-corrected chi connectivity index (χ2v) is 11.6. The first-order valence-corrected chi connectivity index (χ1v) is 14.7. The number of Topliss-reactive ketones (excluding diaryl/α,β-unsaturated/α-hetero) is 1. The van der Waals surface area contributed by atoms with Gasteiger partial charge in [-0.3, -0.25) is 19.3 Å². The van der Waals surface area contributed by atoms with E-state index in [4.69, 9.17) is 9.47 Å². The molecule has 9 nitrogen and oxygen atoms in total. The van der Waals surface area contributed by atoms with E-state index in [9.17, 15) is 24.6 Å². The maximum atomic E-state index is 14.2. The molecular formula is C32H30N2O7S. The summed E-state index contributed by atoms with van der Waals surface area (Å²) in [7, 11) is 2.89. The molecular weight excluding hydrogens is 556 g/mol. The van der Waals surface area contributed by atoms with Crippen LogP contribution in [0.5, 0.6) is 23.0 Å². The molecule has 2 saturated heterocycles. The van der Waals surface area contributed by atoms with E-state index < -0.39 is 17.4 Å². The van der Waals surface area contributed by atoms with E-state index in [1.54, 1.807) is 42.1 Å². The normalized spacial score (nSPS) is 24.5. The van der Waals surface area contributed by atoms with Gasteiger partial charge in [0.25, 0.3) is 0 Å². The molecule has 3 heterocycles. The summed E-state index contributed by atoms with van der Waals surface area (Å²) in [5.41, 5.74) is 1.63. The molecule has 42 heavy (non-hydrogen) atoms. The van der Waals surface area contributed by atoms with Crippen LogP contribution in [0.3, 0.4) is 0 Å². The monoisotopic (exact) mass is 586 g/mol. The minimum Gasteiger partial charge on any atom is -0.504 e. The number of allylic oxidation sites excluding steroid dienone is 1. The fourth-order valence-electron chi connectivity index (χ4n) is 6.71. The summed E-state index contributed by atoms with van der Waals surface area (Å²) in [6.45, 7) is 0. The van der Waals surface area contributed by atoms with Crippen molar-refractivity contribution in [3.8, 4) is 23.0 Å². The van der Waals surface area contributed by atoms with Gasteiger partial charge in [-0.05, 0) is 47.5 Å². The van der Waals surface area contributed by atoms with Crippen molar-refractivity contribution in [2.75, 3.05) is 31.2 Å². The molecule has 3 aliphatic rings. The minimum atomic E-state index is -1.17. The van der Waals surface area contributed by atoms with Crippen LogP contribution in [0, 0.1) is 5.92 Å². The van der Waals surface area contributed by atoms with Gasteiger partial charge in [0.1, 0.15) is 11.3 Å². The summed E-state index contributed by atoms with van der Waals surface area (Å²) < 4.78 is 10.5. The van der Waals surface area contributed by atoms with Gasteiger partial charge in [0.15, 0.2) is 28.8 Å². The summed E-state index contributed by atoms with van der Waals surface area (Å²) in [5.74, 6) is -0.493. The fraction of sp³-hybridized carbons (Fsp3) is 0.281. The first kappa shape index (κ1) is 27.9. The highest BCUT2D eigenvalue weighted by Gasteiger charge is 2.69. The predicted octanol–water partition coefficient (Wildman–Crippen LogP) is 4.29. The van der Waals surface area contributed by atoms with Crippen LogP contribution in [-0.2, 0) is 19.9 Å². The van der Waals surface area contributed by atoms with Crippen molar-refractivity contribution >= 4 is 41.0 Å². The lowest BCUT2D eigenvalue weighted by Gasteiger charge is -2.37. The molecule has 0 saturated carbocycles. The molecule has 3 N–H and O–H groups in total. The van der Waals surface area contributed by atoms with E-state index in [1.165, 1.54) is 32.4 Å². The number of benzene rings is 3. The third kappa shape index (κ3) is 4.33. The molecule has 4 atom stereocenters. The van der Waals surface area contributed by atoms with Crippen LogP contribution in [-0.4, -0.2) is 64.5 Å². The third-order valence-electron chi connectivity index (χ3n) is 8.48. The molecule has 3 aromatic carbocycles. The number of ketones is 2. The lowest BCUT2D eigenvalue weighted by molar-refractivity contribution is -0.128. The van der Waals surface area contributed by atoms with Crippen LogP contribution < -0.4 is 14.8 Å². The van der Waals surface area contributed by atoms with Gasteiger partial charge in [-0.15, -0.1) is 11.8 Å². The van der Waals surface area contributed by atoms with Gasteiger partial charge in [-0.25, -0.2) is 0 Å². The van der Waals surface area contributed by atoms with E-state index in [0.717, 1.165) is 5.56 Å². The minimum absolute atomic E-state index is 0.0141. The van der Waals surface area contributed by atoms with Gasteiger partial charge >= 0.3 is 0 Å². The molecule has 1 amide bonds. The maximum Gasteiger partial charge on any atom is 0.250 e. The molecule has 216 valence electrons. The number of anilines is 1. The number of ether oxygens (including phenoxy) is 2. The second kappa shape index (κ2) is 10.8. The van der Waals surface area contributed by atoms with E-state index in [0.29, 0.717) is 28.4 Å². The molecule has 3 aromatic rings. The predicted molar refractivity (Wildman–Crippen MR) is 159 cm³/mol. The SMILES string of the molecule is COc1cc(/C=C/C(=O)CC(=O)C2C3CSCN3C3(C(=O)Nc4ccccc43)C2c2ccc(O)c(OC)c2)ccc1O. The van der Waals surface area contributed by atoms with E-state index in [2.05, 4.69) is 10.2 Å². The topological polar surface area (TPSA) is 125 Å². The number of aromatic hydroxyl groups is 2. The van der Waals surface area contributed by atoms with Crippen LogP contribution in [0.25, 0.3) is 6.08 Å². The third-order valence-corrected chi connectivity index (χ3v) is 9.51. The van der Waals surface area contributed by atoms with Crippen LogP contribution in [0.1, 0.15) is 29.0 Å². The van der Waals surface area contributed by atoms with Crippen molar-refractivity contribution in [1.82, 2.24) is 4.90 Å². The smallest absolute Gasteiger partial charge is 0.250 e. The summed E-state index contributed by atoms with van der Waals surface area (Å²) in [5, 5.41) is 23.2. The number of fused-ring (bicyclic) bond motifs is 4. The van der Waals surface area contributed by atoms with Gasteiger partial charge in [0.2, 0.25) is 5.91 Å². The number of amides is 1. The zero-order valence-corrected chi connectivity index (χ0v) is 23.9. The lowest BCUT2D eigenvalue weighted by atomic mass is 9.69. The number of phenolic OH excluding ortho intramolecular Hbond substituents is 2. The van der Waals surface area contributed by atoms with Crippen molar-refractivity contribution < 1.29 is 34.1 Å². The second-order valence-electron chi connectivity index (χ2n) is 10.6. The Morgan fingerprint density at radius 3 is 2.52 bits per heavy atom. The highest BCUT2D eigenvalue weighted by Crippen LogP contribution is 2.62. The first-order chi connectivity index (χ1) is 20.3. The molecule has 4 unspecified atom stereocenters. The largest absolute Gasteiger partial charge is 0.504 e. The number of nitrogens with one attached hydrogen (secondary N) is 1. The first-order valence-electron chi connectivity index (χ1n) is 13.5. The number of para-hydroxylation sites is 1. The van der Waals surface area contributed by atoms with Crippen LogP contribution in [0.2, 0.25) is 0 Å². The van der Waals surface area contributed by atoms with Crippen molar-refractivity contribution in [3.05, 3.63) is 83.4 Å². The maximum absolute atomic E-state index is 14.2. The van der Waals surface area contributed by atoms with E-state index in [1.807, 2.05) is 24.3 Å². The van der Waals surface area contributed by atoms with Gasteiger partial charge in [-0.1, -0.05) is 36.4 Å². The highest BCUT2D eigenvalue weighted by atomic mass is 32.2. The number of carbonyl (C=O) groups excluding carboxylic acids is 3. The van der Waals surface area contributed by atoms with Crippen LogP contribution in [0.15, 0.2) is 66.7 Å². The Kier molecular flexibility index (Phi) is 7.20. The quantitative estimate of drug-likeness (QED) is 0.262. The number of methoxy groups -OCH3 is 2. The average Bonchev–Trinajstić information content (AvgIpc) is 3.65.